The number of amides is 1. The Morgan fingerprint density at radius 3 is 2.52 bits per heavy atom. The van der Waals surface area contributed by atoms with Gasteiger partial charge in [-0.05, 0) is 35.6 Å². The van der Waals surface area contributed by atoms with E-state index in [4.69, 9.17) is 5.11 Å². The van der Waals surface area contributed by atoms with Crippen LogP contribution < -0.4 is 5.32 Å². The number of carboxylic acid groups (broad SMARTS) is 1. The predicted molar refractivity (Wildman–Crippen MR) is 86.7 cm³/mol. The van der Waals surface area contributed by atoms with E-state index in [0.29, 0.717) is 12.0 Å². The molecule has 23 heavy (non-hydrogen) atoms. The standard InChI is InChI=1S/C17H18FNO3S/c1-11(9-14-3-2-8-23-14)17(22)19-15(10-16(20)21)12-4-6-13(18)7-5-12/h2-8,11,15H,9-10H2,1H3,(H,19,22)(H,20,21)/t11-,15-/m0/s1. The van der Waals surface area contributed by atoms with E-state index in [9.17, 15) is 14.0 Å². The van der Waals surface area contributed by atoms with Crippen molar-refractivity contribution in [2.24, 2.45) is 5.92 Å². The number of hydrogen-bond donors (Lipinski definition) is 2. The second kappa shape index (κ2) is 7.87. The summed E-state index contributed by atoms with van der Waals surface area (Å²) in [6.07, 6.45) is 0.357. The maximum Gasteiger partial charge on any atom is 0.305 e. The van der Waals surface area contributed by atoms with Gasteiger partial charge in [-0.25, -0.2) is 4.39 Å². The molecule has 122 valence electrons. The Bertz CT molecular complexity index is 655. The molecule has 1 heterocycles. The van der Waals surface area contributed by atoms with E-state index in [1.165, 1.54) is 24.3 Å². The van der Waals surface area contributed by atoms with E-state index in [1.54, 1.807) is 18.3 Å². The molecule has 0 saturated carbocycles. The van der Waals surface area contributed by atoms with Crippen molar-refractivity contribution in [3.8, 4) is 0 Å². The largest absolute Gasteiger partial charge is 0.481 e. The van der Waals surface area contributed by atoms with Crippen molar-refractivity contribution in [1.29, 1.82) is 0 Å². The van der Waals surface area contributed by atoms with Crippen LogP contribution in [-0.2, 0) is 16.0 Å². The fourth-order valence-corrected chi connectivity index (χ4v) is 3.09. The summed E-state index contributed by atoms with van der Waals surface area (Å²) in [7, 11) is 0. The quantitative estimate of drug-likeness (QED) is 0.815. The highest BCUT2D eigenvalue weighted by Gasteiger charge is 2.21. The molecule has 2 aromatic rings. The fourth-order valence-electron chi connectivity index (χ4n) is 2.26. The molecule has 0 spiro atoms. The second-order valence-corrected chi connectivity index (χ2v) is 6.43. The molecule has 6 heteroatoms. The molecule has 0 bridgehead atoms. The Kier molecular flexibility index (Phi) is 5.87. The van der Waals surface area contributed by atoms with Crippen LogP contribution in [0.2, 0.25) is 0 Å². The van der Waals surface area contributed by atoms with Gasteiger partial charge in [-0.15, -0.1) is 11.3 Å². The first-order valence-electron chi connectivity index (χ1n) is 7.25. The van der Waals surface area contributed by atoms with Crippen molar-refractivity contribution in [3.05, 3.63) is 58.0 Å². The lowest BCUT2D eigenvalue weighted by Gasteiger charge is -2.20. The lowest BCUT2D eigenvalue weighted by Crippen LogP contribution is -2.34. The summed E-state index contributed by atoms with van der Waals surface area (Å²) in [5.74, 6) is -1.91. The van der Waals surface area contributed by atoms with Gasteiger partial charge in [0.25, 0.3) is 0 Å². The minimum atomic E-state index is -1.02. The Morgan fingerprint density at radius 2 is 1.96 bits per heavy atom. The Morgan fingerprint density at radius 1 is 1.26 bits per heavy atom. The topological polar surface area (TPSA) is 66.4 Å². The first-order valence-corrected chi connectivity index (χ1v) is 8.13. The molecule has 0 fully saturated rings. The molecule has 4 nitrogen and oxygen atoms in total. The molecular formula is C17H18FNO3S. The number of carbonyl (C=O) groups excluding carboxylic acids is 1. The number of halogens is 1. The van der Waals surface area contributed by atoms with Gasteiger partial charge in [-0.2, -0.15) is 0 Å². The molecule has 2 atom stereocenters. The Balaban J connectivity index is 2.05. The number of aliphatic carboxylic acids is 1. The van der Waals surface area contributed by atoms with Gasteiger partial charge in [0.2, 0.25) is 5.91 Å². The molecule has 0 aliphatic heterocycles. The number of carbonyl (C=O) groups is 2. The van der Waals surface area contributed by atoms with Crippen molar-refractivity contribution >= 4 is 23.2 Å². The zero-order chi connectivity index (χ0) is 16.8. The monoisotopic (exact) mass is 335 g/mol. The highest BCUT2D eigenvalue weighted by Crippen LogP contribution is 2.20. The summed E-state index contributed by atoms with van der Waals surface area (Å²) in [5, 5.41) is 13.7. The minimum Gasteiger partial charge on any atom is -0.481 e. The summed E-state index contributed by atoms with van der Waals surface area (Å²) >= 11 is 1.58. The van der Waals surface area contributed by atoms with Crippen LogP contribution in [0.1, 0.15) is 29.8 Å². The molecule has 1 aromatic carbocycles. The third-order valence-corrected chi connectivity index (χ3v) is 4.40. The average molecular weight is 335 g/mol. The lowest BCUT2D eigenvalue weighted by atomic mass is 10.0. The van der Waals surface area contributed by atoms with Crippen LogP contribution in [0.5, 0.6) is 0 Å². The number of thiophene rings is 1. The maximum absolute atomic E-state index is 13.0. The highest BCUT2D eigenvalue weighted by atomic mass is 32.1. The SMILES string of the molecule is C[C@@H](Cc1cccs1)C(=O)N[C@@H](CC(=O)O)c1ccc(F)cc1. The molecule has 1 aromatic heterocycles. The van der Waals surface area contributed by atoms with E-state index in [1.807, 2.05) is 17.5 Å². The fraction of sp³-hybridized carbons (Fsp3) is 0.294. The third kappa shape index (κ3) is 5.17. The van der Waals surface area contributed by atoms with Crippen molar-refractivity contribution in [2.45, 2.75) is 25.8 Å². The molecular weight excluding hydrogens is 317 g/mol. The van der Waals surface area contributed by atoms with E-state index < -0.39 is 17.8 Å². The van der Waals surface area contributed by atoms with Crippen LogP contribution in [0.3, 0.4) is 0 Å². The van der Waals surface area contributed by atoms with E-state index in [0.717, 1.165) is 4.88 Å². The Labute approximate surface area is 138 Å². The summed E-state index contributed by atoms with van der Waals surface area (Å²) in [4.78, 5) is 24.5. The number of benzene rings is 1. The molecule has 1 amide bonds. The predicted octanol–water partition coefficient (Wildman–Crippen LogP) is 3.40. The van der Waals surface area contributed by atoms with Crippen LogP contribution in [0.25, 0.3) is 0 Å². The number of rotatable bonds is 7. The van der Waals surface area contributed by atoms with Gasteiger partial charge in [-0.1, -0.05) is 25.1 Å². The van der Waals surface area contributed by atoms with Gasteiger partial charge in [-0.3, -0.25) is 9.59 Å². The van der Waals surface area contributed by atoms with Gasteiger partial charge in [0.1, 0.15) is 5.82 Å². The van der Waals surface area contributed by atoms with Gasteiger partial charge in [0.15, 0.2) is 0 Å². The summed E-state index contributed by atoms with van der Waals surface area (Å²) in [5.41, 5.74) is 0.575. The van der Waals surface area contributed by atoms with E-state index in [2.05, 4.69) is 5.32 Å². The van der Waals surface area contributed by atoms with Gasteiger partial charge in [0, 0.05) is 10.8 Å². The molecule has 2 rings (SSSR count). The van der Waals surface area contributed by atoms with E-state index in [-0.39, 0.29) is 18.2 Å². The van der Waals surface area contributed by atoms with Gasteiger partial charge >= 0.3 is 5.97 Å². The van der Waals surface area contributed by atoms with Gasteiger partial charge < -0.3 is 10.4 Å². The van der Waals surface area contributed by atoms with Crippen molar-refractivity contribution in [2.75, 3.05) is 0 Å². The van der Waals surface area contributed by atoms with Crippen LogP contribution in [0, 0.1) is 11.7 Å². The molecule has 0 saturated heterocycles. The number of nitrogens with one attached hydrogen (secondary N) is 1. The van der Waals surface area contributed by atoms with Crippen molar-refractivity contribution in [1.82, 2.24) is 5.32 Å². The first kappa shape index (κ1) is 17.1. The number of hydrogen-bond acceptors (Lipinski definition) is 3. The zero-order valence-electron chi connectivity index (χ0n) is 12.7. The van der Waals surface area contributed by atoms with Crippen LogP contribution >= 0.6 is 11.3 Å². The molecule has 2 N–H and O–H groups in total. The van der Waals surface area contributed by atoms with E-state index >= 15 is 0 Å². The molecule has 0 unspecified atom stereocenters. The molecule has 0 aliphatic carbocycles. The smallest absolute Gasteiger partial charge is 0.305 e. The minimum absolute atomic E-state index is 0.214. The molecule has 0 aliphatic rings. The average Bonchev–Trinajstić information content (AvgIpc) is 2.99. The Hall–Kier alpha value is -2.21. The normalized spacial score (nSPS) is 13.3. The highest BCUT2D eigenvalue weighted by molar-refractivity contribution is 7.09. The summed E-state index contributed by atoms with van der Waals surface area (Å²) in [6.45, 7) is 1.80. The maximum atomic E-state index is 13.0. The van der Waals surface area contributed by atoms with Crippen LogP contribution in [0.4, 0.5) is 4.39 Å². The van der Waals surface area contributed by atoms with Gasteiger partial charge in [0.05, 0.1) is 12.5 Å². The van der Waals surface area contributed by atoms with Crippen LogP contribution in [0.15, 0.2) is 41.8 Å². The first-order chi connectivity index (χ1) is 11.0. The summed E-state index contributed by atoms with van der Waals surface area (Å²) < 4.78 is 13.0. The van der Waals surface area contributed by atoms with Crippen molar-refractivity contribution < 1.29 is 19.1 Å². The number of carboxylic acids is 1. The third-order valence-electron chi connectivity index (χ3n) is 3.50. The molecule has 0 radical (unpaired) electrons. The van der Waals surface area contributed by atoms with Crippen molar-refractivity contribution in [3.63, 3.8) is 0 Å². The zero-order valence-corrected chi connectivity index (χ0v) is 13.5. The summed E-state index contributed by atoms with van der Waals surface area (Å²) in [6, 6.07) is 8.71. The van der Waals surface area contributed by atoms with Crippen LogP contribution in [-0.4, -0.2) is 17.0 Å². The lowest BCUT2D eigenvalue weighted by molar-refractivity contribution is -0.137. The second-order valence-electron chi connectivity index (χ2n) is 5.40.